The monoisotopic (exact) mass is 535 g/mol. The average molecular weight is 536 g/mol. The van der Waals surface area contributed by atoms with Crippen molar-refractivity contribution < 1.29 is 32.6 Å². The van der Waals surface area contributed by atoms with E-state index in [1.165, 1.54) is 11.3 Å². The van der Waals surface area contributed by atoms with Crippen LogP contribution in [-0.4, -0.2) is 66.3 Å². The summed E-state index contributed by atoms with van der Waals surface area (Å²) in [6.07, 6.45) is 2.54. The predicted octanol–water partition coefficient (Wildman–Crippen LogP) is 4.03. The van der Waals surface area contributed by atoms with Crippen LogP contribution in [-0.2, 0) is 9.53 Å². The van der Waals surface area contributed by atoms with Gasteiger partial charge in [0.2, 0.25) is 0 Å². The van der Waals surface area contributed by atoms with E-state index >= 15 is 0 Å². The van der Waals surface area contributed by atoms with Gasteiger partial charge in [0.25, 0.3) is 12.4 Å². The van der Waals surface area contributed by atoms with Crippen LogP contribution in [0.5, 0.6) is 0 Å². The van der Waals surface area contributed by atoms with Crippen LogP contribution in [0.25, 0.3) is 22.0 Å². The Morgan fingerprint density at radius 3 is 2.78 bits per heavy atom. The molecule has 0 spiro atoms. The van der Waals surface area contributed by atoms with Gasteiger partial charge in [0.15, 0.2) is 0 Å². The zero-order valence-electron chi connectivity index (χ0n) is 18.9. The summed E-state index contributed by atoms with van der Waals surface area (Å²) < 4.78 is 43.7. The number of pyridine rings is 1. The van der Waals surface area contributed by atoms with Crippen LogP contribution in [0.4, 0.5) is 18.9 Å². The van der Waals surface area contributed by atoms with Gasteiger partial charge in [-0.25, -0.2) is 4.98 Å². The number of ether oxygens (including phenoxy) is 1. The summed E-state index contributed by atoms with van der Waals surface area (Å²) in [5, 5.41) is 23.2. The second kappa shape index (κ2) is 11.3. The van der Waals surface area contributed by atoms with Crippen molar-refractivity contribution in [3.63, 3.8) is 0 Å². The van der Waals surface area contributed by atoms with E-state index in [4.69, 9.17) is 14.6 Å². The molecule has 0 radical (unpaired) electrons. The fourth-order valence-corrected chi connectivity index (χ4v) is 4.31. The highest BCUT2D eigenvalue weighted by molar-refractivity contribution is 7.13. The van der Waals surface area contributed by atoms with E-state index < -0.39 is 24.8 Å². The molecule has 15 heteroatoms. The van der Waals surface area contributed by atoms with Gasteiger partial charge < -0.3 is 15.2 Å². The van der Waals surface area contributed by atoms with Crippen molar-refractivity contribution in [3.8, 4) is 22.0 Å². The van der Waals surface area contributed by atoms with Crippen molar-refractivity contribution >= 4 is 29.4 Å². The Morgan fingerprint density at radius 1 is 1.35 bits per heavy atom. The molecule has 0 bridgehead atoms. The fraction of sp³-hybridized carbons (Fsp3) is 0.273. The number of hydrogen-bond donors (Lipinski definition) is 3. The van der Waals surface area contributed by atoms with Crippen LogP contribution >= 0.6 is 11.3 Å². The molecule has 1 fully saturated rings. The van der Waals surface area contributed by atoms with Crippen molar-refractivity contribution in [3.05, 3.63) is 54.1 Å². The van der Waals surface area contributed by atoms with Crippen molar-refractivity contribution in [1.29, 1.82) is 0 Å². The molecule has 11 nitrogen and oxygen atoms in total. The lowest BCUT2D eigenvalue weighted by Crippen LogP contribution is -2.36. The second-order valence-corrected chi connectivity index (χ2v) is 8.70. The molecule has 4 aromatic rings. The minimum absolute atomic E-state index is 0.140. The number of nitrogens with zero attached hydrogens (tertiary/aromatic N) is 5. The SMILES string of the molecule is O=C(Nc1cn([C@H]2C[C@H](OCC(F)(F)F)C2)nc1-c1ccccn1)c1csc(-c2cn[nH]c2)n1.O=CO. The maximum atomic E-state index is 12.9. The Labute approximate surface area is 211 Å². The van der Waals surface area contributed by atoms with E-state index in [9.17, 15) is 18.0 Å². The lowest BCUT2D eigenvalue weighted by atomic mass is 9.89. The molecule has 5 rings (SSSR count). The standard InChI is InChI=1S/C21H18F3N7O2S.CH2O2/c22-21(23,24)11-33-14-5-13(6-14)31-9-16(18(30-31)15-3-1-2-4-25-15)28-19(32)17-10-34-20(29-17)12-7-26-27-8-12;2-1-3/h1-4,7-10,13-14H,5-6,11H2,(H,26,27)(H,28,32);1H,(H,2,3)/t13-,14-;. The minimum Gasteiger partial charge on any atom is -0.483 e. The molecule has 0 atom stereocenters. The van der Waals surface area contributed by atoms with Gasteiger partial charge in [0.05, 0.1) is 29.7 Å². The first-order valence-corrected chi connectivity index (χ1v) is 11.7. The van der Waals surface area contributed by atoms with Crippen LogP contribution in [0.15, 0.2) is 48.4 Å². The first-order chi connectivity index (χ1) is 17.8. The maximum Gasteiger partial charge on any atom is 0.411 e. The third-order valence-electron chi connectivity index (χ3n) is 5.30. The van der Waals surface area contributed by atoms with Gasteiger partial charge in [0.1, 0.15) is 23.0 Å². The number of aromatic amines is 1. The molecule has 3 N–H and O–H groups in total. The number of rotatable bonds is 7. The Balaban J connectivity index is 0.00000102. The molecule has 1 amide bonds. The number of carbonyl (C=O) groups excluding carboxylic acids is 1. The molecule has 1 aliphatic rings. The summed E-state index contributed by atoms with van der Waals surface area (Å²) in [4.78, 5) is 29.9. The summed E-state index contributed by atoms with van der Waals surface area (Å²) in [6, 6.07) is 5.19. The molecule has 4 aromatic heterocycles. The Bertz CT molecular complexity index is 1320. The number of hydrogen-bond acceptors (Lipinski definition) is 8. The fourth-order valence-electron chi connectivity index (χ4n) is 3.53. The largest absolute Gasteiger partial charge is 0.483 e. The lowest BCUT2D eigenvalue weighted by Gasteiger charge is -2.35. The molecular weight excluding hydrogens is 515 g/mol. The molecule has 0 aliphatic heterocycles. The number of halogens is 3. The normalized spacial score (nSPS) is 16.8. The molecular formula is C22H20F3N7O4S. The van der Waals surface area contributed by atoms with Gasteiger partial charge in [-0.05, 0) is 25.0 Å². The van der Waals surface area contributed by atoms with E-state index in [0.29, 0.717) is 34.9 Å². The number of nitrogens with one attached hydrogen (secondary N) is 2. The van der Waals surface area contributed by atoms with Crippen LogP contribution in [0.2, 0.25) is 0 Å². The summed E-state index contributed by atoms with van der Waals surface area (Å²) >= 11 is 1.32. The number of anilines is 1. The van der Waals surface area contributed by atoms with Crippen LogP contribution in [0.3, 0.4) is 0 Å². The van der Waals surface area contributed by atoms with Crippen LogP contribution in [0, 0.1) is 0 Å². The number of carboxylic acid groups (broad SMARTS) is 1. The zero-order valence-corrected chi connectivity index (χ0v) is 19.7. The Hall–Kier alpha value is -4.11. The van der Waals surface area contributed by atoms with Crippen LogP contribution in [0.1, 0.15) is 29.4 Å². The minimum atomic E-state index is -4.35. The Morgan fingerprint density at radius 2 is 2.14 bits per heavy atom. The summed E-state index contributed by atoms with van der Waals surface area (Å²) in [5.41, 5.74) is 2.46. The number of alkyl halides is 3. The highest BCUT2D eigenvalue weighted by Gasteiger charge is 2.36. The average Bonchev–Trinajstić information content (AvgIpc) is 3.59. The van der Waals surface area contributed by atoms with E-state index in [-0.39, 0.29) is 18.2 Å². The van der Waals surface area contributed by atoms with Gasteiger partial charge in [-0.15, -0.1) is 11.3 Å². The van der Waals surface area contributed by atoms with Crippen LogP contribution < -0.4 is 5.32 Å². The smallest absolute Gasteiger partial charge is 0.411 e. The van der Waals surface area contributed by atoms with Crippen molar-refractivity contribution in [2.45, 2.75) is 31.2 Å². The first kappa shape index (κ1) is 26.0. The quantitative estimate of drug-likeness (QED) is 0.301. The first-order valence-electron chi connectivity index (χ1n) is 10.8. The van der Waals surface area contributed by atoms with E-state index in [1.807, 2.05) is 0 Å². The Kier molecular flexibility index (Phi) is 7.93. The molecule has 194 valence electrons. The summed E-state index contributed by atoms with van der Waals surface area (Å²) in [5.74, 6) is -0.414. The second-order valence-electron chi connectivity index (χ2n) is 7.84. The number of carbonyl (C=O) groups is 2. The van der Waals surface area contributed by atoms with Crippen molar-refractivity contribution in [1.82, 2.24) is 29.9 Å². The molecule has 37 heavy (non-hydrogen) atoms. The molecule has 0 unspecified atom stereocenters. The van der Waals surface area contributed by atoms with Crippen molar-refractivity contribution in [2.75, 3.05) is 11.9 Å². The molecule has 0 saturated heterocycles. The number of aromatic nitrogens is 6. The third kappa shape index (κ3) is 6.56. The third-order valence-corrected chi connectivity index (χ3v) is 6.19. The molecule has 1 aliphatic carbocycles. The highest BCUT2D eigenvalue weighted by Crippen LogP contribution is 2.37. The topological polar surface area (TPSA) is 148 Å². The maximum absolute atomic E-state index is 12.9. The van der Waals surface area contributed by atoms with Gasteiger partial charge in [-0.2, -0.15) is 23.4 Å². The van der Waals surface area contributed by atoms with E-state index in [1.54, 1.807) is 53.0 Å². The van der Waals surface area contributed by atoms with Gasteiger partial charge in [0, 0.05) is 29.5 Å². The van der Waals surface area contributed by atoms with Gasteiger partial charge in [-0.3, -0.25) is 24.4 Å². The number of H-pyrrole nitrogens is 1. The summed E-state index contributed by atoms with van der Waals surface area (Å²) in [6.45, 7) is -1.52. The number of thiazole rings is 1. The summed E-state index contributed by atoms with van der Waals surface area (Å²) in [7, 11) is 0. The zero-order chi connectivity index (χ0) is 26.4. The molecule has 4 heterocycles. The van der Waals surface area contributed by atoms with Gasteiger partial charge in [-0.1, -0.05) is 6.07 Å². The lowest BCUT2D eigenvalue weighted by molar-refractivity contribution is -0.196. The molecule has 0 aromatic carbocycles. The van der Waals surface area contributed by atoms with Crippen molar-refractivity contribution in [2.24, 2.45) is 0 Å². The highest BCUT2D eigenvalue weighted by atomic mass is 32.1. The van der Waals surface area contributed by atoms with E-state index in [2.05, 4.69) is 30.6 Å². The van der Waals surface area contributed by atoms with Gasteiger partial charge >= 0.3 is 6.18 Å². The predicted molar refractivity (Wildman–Crippen MR) is 126 cm³/mol. The van der Waals surface area contributed by atoms with E-state index in [0.717, 1.165) is 5.56 Å². The number of amides is 1. The molecule has 1 saturated carbocycles.